The number of rotatable bonds is 2. The molecule has 0 fully saturated rings. The molecule has 2 heterocycles. The van der Waals surface area contributed by atoms with Gasteiger partial charge in [0.1, 0.15) is 0 Å². The van der Waals surface area contributed by atoms with Gasteiger partial charge in [0.05, 0.1) is 17.1 Å². The molecule has 0 radical (unpaired) electrons. The first-order valence-corrected chi connectivity index (χ1v) is 6.62. The molecule has 2 aromatic rings. The van der Waals surface area contributed by atoms with Crippen LogP contribution < -0.4 is 0 Å². The third-order valence-electron chi connectivity index (χ3n) is 3.49. The lowest BCUT2D eigenvalue weighted by Gasteiger charge is -2.08. The highest BCUT2D eigenvalue weighted by molar-refractivity contribution is 6.35. The molecular weight excluding hydrogens is 244 g/mol. The van der Waals surface area contributed by atoms with Gasteiger partial charge in [0.25, 0.3) is 0 Å². The average Bonchev–Trinajstić information content (AvgIpc) is 3.09. The van der Waals surface area contributed by atoms with E-state index in [-0.39, 0.29) is 0 Å². The highest BCUT2D eigenvalue weighted by Gasteiger charge is 2.27. The van der Waals surface area contributed by atoms with Crippen LogP contribution in [-0.2, 0) is 0 Å². The first-order valence-electron chi connectivity index (χ1n) is 6.62. The van der Waals surface area contributed by atoms with Gasteiger partial charge in [-0.1, -0.05) is 60.7 Å². The van der Waals surface area contributed by atoms with Crippen LogP contribution in [0.2, 0.25) is 0 Å². The zero-order valence-corrected chi connectivity index (χ0v) is 10.8. The summed E-state index contributed by atoms with van der Waals surface area (Å²) in [6, 6.07) is 20.6. The predicted octanol–water partition coefficient (Wildman–Crippen LogP) is 3.87. The van der Waals surface area contributed by atoms with Gasteiger partial charge in [-0.05, 0) is 11.6 Å². The van der Waals surface area contributed by atoms with Crippen molar-refractivity contribution in [2.45, 2.75) is 0 Å². The van der Waals surface area contributed by atoms with Crippen molar-refractivity contribution in [2.75, 3.05) is 0 Å². The van der Waals surface area contributed by atoms with Crippen LogP contribution >= 0.6 is 0 Å². The van der Waals surface area contributed by atoms with Crippen molar-refractivity contribution in [3.63, 3.8) is 0 Å². The molecule has 2 aliphatic heterocycles. The predicted molar refractivity (Wildman–Crippen MR) is 82.9 cm³/mol. The quantitative estimate of drug-likeness (QED) is 0.779. The molecule has 0 unspecified atom stereocenters. The summed E-state index contributed by atoms with van der Waals surface area (Å²) in [5, 5.41) is 0. The van der Waals surface area contributed by atoms with Crippen LogP contribution in [0.3, 0.4) is 0 Å². The Morgan fingerprint density at radius 2 is 1.35 bits per heavy atom. The van der Waals surface area contributed by atoms with Crippen molar-refractivity contribution in [2.24, 2.45) is 9.98 Å². The molecular formula is C18H12N2. The maximum Gasteiger partial charge on any atom is 0.0987 e. The van der Waals surface area contributed by atoms with E-state index in [0.717, 1.165) is 33.8 Å². The van der Waals surface area contributed by atoms with E-state index in [9.17, 15) is 0 Å². The second-order valence-electron chi connectivity index (χ2n) is 4.75. The van der Waals surface area contributed by atoms with Gasteiger partial charge in [-0.3, -0.25) is 4.99 Å². The molecule has 0 amide bonds. The summed E-state index contributed by atoms with van der Waals surface area (Å²) >= 11 is 0. The molecule has 0 N–H and O–H groups in total. The molecule has 20 heavy (non-hydrogen) atoms. The Hall–Kier alpha value is -2.74. The van der Waals surface area contributed by atoms with E-state index in [4.69, 9.17) is 4.99 Å². The first-order chi connectivity index (χ1) is 9.93. The zero-order chi connectivity index (χ0) is 13.4. The Kier molecular flexibility index (Phi) is 2.46. The van der Waals surface area contributed by atoms with Gasteiger partial charge in [-0.2, -0.15) is 0 Å². The van der Waals surface area contributed by atoms with Gasteiger partial charge in [-0.15, -0.1) is 0 Å². The van der Waals surface area contributed by atoms with Crippen LogP contribution in [0.25, 0.3) is 5.57 Å². The average molecular weight is 256 g/mol. The summed E-state index contributed by atoms with van der Waals surface area (Å²) < 4.78 is 0. The Labute approximate surface area is 117 Å². The van der Waals surface area contributed by atoms with E-state index in [0.29, 0.717) is 0 Å². The molecule has 0 saturated carbocycles. The van der Waals surface area contributed by atoms with E-state index >= 15 is 0 Å². The fourth-order valence-electron chi connectivity index (χ4n) is 2.58. The van der Waals surface area contributed by atoms with Crippen LogP contribution in [-0.4, -0.2) is 11.9 Å². The standard InChI is InChI=1S/C18H12N2/c1-3-7-13(8-4-1)16-17(14-9-5-2-6-10-14)20-15-11-12-19-18(15)16/h1-12H. The number of aliphatic imine (C=N–C) groups is 2. The Morgan fingerprint density at radius 1 is 0.700 bits per heavy atom. The molecule has 0 aromatic heterocycles. The van der Waals surface area contributed by atoms with Crippen LogP contribution in [0.1, 0.15) is 11.1 Å². The molecule has 2 aromatic carbocycles. The molecule has 0 spiro atoms. The number of fused-ring (bicyclic) bond motifs is 1. The number of hydrogen-bond donors (Lipinski definition) is 0. The van der Waals surface area contributed by atoms with Gasteiger partial charge >= 0.3 is 0 Å². The molecule has 0 aliphatic carbocycles. The van der Waals surface area contributed by atoms with Gasteiger partial charge in [0.2, 0.25) is 0 Å². The lowest BCUT2D eigenvalue weighted by molar-refractivity contribution is 1.33. The van der Waals surface area contributed by atoms with Crippen molar-refractivity contribution in [1.29, 1.82) is 0 Å². The molecule has 0 saturated heterocycles. The normalized spacial score (nSPS) is 16.2. The summed E-state index contributed by atoms with van der Waals surface area (Å²) in [6.45, 7) is 0. The molecule has 94 valence electrons. The second kappa shape index (κ2) is 4.42. The van der Waals surface area contributed by atoms with Gasteiger partial charge in [-0.25, -0.2) is 4.99 Å². The van der Waals surface area contributed by atoms with Gasteiger partial charge < -0.3 is 0 Å². The lowest BCUT2D eigenvalue weighted by Crippen LogP contribution is -2.02. The Morgan fingerprint density at radius 3 is 2.05 bits per heavy atom. The van der Waals surface area contributed by atoms with Gasteiger partial charge in [0.15, 0.2) is 0 Å². The smallest absolute Gasteiger partial charge is 0.0987 e. The minimum atomic E-state index is 0.961. The van der Waals surface area contributed by atoms with Crippen molar-refractivity contribution < 1.29 is 0 Å². The number of benzene rings is 2. The monoisotopic (exact) mass is 256 g/mol. The van der Waals surface area contributed by atoms with Crippen LogP contribution in [0.5, 0.6) is 0 Å². The van der Waals surface area contributed by atoms with Crippen molar-refractivity contribution in [3.8, 4) is 0 Å². The molecule has 0 bridgehead atoms. The highest BCUT2D eigenvalue weighted by atomic mass is 14.9. The maximum absolute atomic E-state index is 4.76. The van der Waals surface area contributed by atoms with E-state index in [1.807, 2.05) is 48.7 Å². The molecule has 2 heteroatoms. The Bertz CT molecular complexity index is 779. The Balaban J connectivity index is 1.93. The fraction of sp³-hybridized carbons (Fsp3) is 0. The molecule has 0 atom stereocenters. The third-order valence-corrected chi connectivity index (χ3v) is 3.49. The maximum atomic E-state index is 4.76. The van der Waals surface area contributed by atoms with Crippen LogP contribution in [0, 0.1) is 0 Å². The minimum absolute atomic E-state index is 0.961. The second-order valence-corrected chi connectivity index (χ2v) is 4.75. The van der Waals surface area contributed by atoms with E-state index in [2.05, 4.69) is 29.3 Å². The summed E-state index contributed by atoms with van der Waals surface area (Å²) in [5.41, 5.74) is 6.36. The van der Waals surface area contributed by atoms with Crippen molar-refractivity contribution in [3.05, 3.63) is 89.3 Å². The zero-order valence-electron chi connectivity index (χ0n) is 10.8. The van der Waals surface area contributed by atoms with Crippen molar-refractivity contribution >= 4 is 17.5 Å². The van der Waals surface area contributed by atoms with Crippen LogP contribution in [0.4, 0.5) is 0 Å². The van der Waals surface area contributed by atoms with Crippen LogP contribution in [0.15, 0.2) is 88.1 Å². The third kappa shape index (κ3) is 1.66. The van der Waals surface area contributed by atoms with E-state index < -0.39 is 0 Å². The molecule has 4 rings (SSSR count). The highest BCUT2D eigenvalue weighted by Crippen LogP contribution is 2.37. The summed E-state index contributed by atoms with van der Waals surface area (Å²) in [6.07, 6.45) is 3.78. The first kappa shape index (κ1) is 11.1. The minimum Gasteiger partial charge on any atom is -0.254 e. The molecule has 2 nitrogen and oxygen atoms in total. The lowest BCUT2D eigenvalue weighted by atomic mass is 9.96. The van der Waals surface area contributed by atoms with Crippen molar-refractivity contribution in [1.82, 2.24) is 0 Å². The van der Waals surface area contributed by atoms with E-state index in [1.165, 1.54) is 0 Å². The summed E-state index contributed by atoms with van der Waals surface area (Å²) in [4.78, 5) is 9.24. The SMILES string of the molecule is C1=NC2=C(c3ccccc3)C(c3ccccc3)=NC2=C1. The topological polar surface area (TPSA) is 24.7 Å². The fourth-order valence-corrected chi connectivity index (χ4v) is 2.58. The van der Waals surface area contributed by atoms with E-state index in [1.54, 1.807) is 0 Å². The largest absolute Gasteiger partial charge is 0.254 e. The molecule has 2 aliphatic rings. The summed E-state index contributed by atoms with van der Waals surface area (Å²) in [7, 11) is 0. The number of hydrogen-bond acceptors (Lipinski definition) is 2. The van der Waals surface area contributed by atoms with Gasteiger partial charge in [0, 0.05) is 17.4 Å². The number of allylic oxidation sites excluding steroid dienone is 2. The number of nitrogens with zero attached hydrogens (tertiary/aromatic N) is 2. The summed E-state index contributed by atoms with van der Waals surface area (Å²) in [5.74, 6) is 0.